The fourth-order valence-electron chi connectivity index (χ4n) is 2.08. The van der Waals surface area contributed by atoms with Gasteiger partial charge < -0.3 is 10.1 Å². The van der Waals surface area contributed by atoms with Crippen LogP contribution in [0.3, 0.4) is 0 Å². The van der Waals surface area contributed by atoms with Gasteiger partial charge in [-0.15, -0.1) is 11.3 Å². The lowest BCUT2D eigenvalue weighted by Gasteiger charge is -2.21. The van der Waals surface area contributed by atoms with Gasteiger partial charge in [0.25, 0.3) is 0 Å². The van der Waals surface area contributed by atoms with Crippen molar-refractivity contribution in [2.45, 2.75) is 33.2 Å². The molecule has 0 amide bonds. The third-order valence-electron chi connectivity index (χ3n) is 2.81. The van der Waals surface area contributed by atoms with Crippen molar-refractivity contribution in [3.8, 4) is 0 Å². The fraction of sp³-hybridized carbons (Fsp3) is 0.692. The van der Waals surface area contributed by atoms with E-state index in [2.05, 4.69) is 37.5 Å². The number of thiophene rings is 1. The standard InChI is InChI=1S/C13H23NOS/c1-5-14-13(8-10(2)9-15-4)12-6-7-16-11(12)3/h6-7,10,13-14H,5,8-9H2,1-4H3. The predicted molar refractivity (Wildman–Crippen MR) is 71.1 cm³/mol. The van der Waals surface area contributed by atoms with E-state index >= 15 is 0 Å². The molecule has 2 unspecified atom stereocenters. The first-order valence-corrected chi connectivity index (χ1v) is 6.83. The number of ether oxygens (including phenoxy) is 1. The lowest BCUT2D eigenvalue weighted by Crippen LogP contribution is -2.24. The number of rotatable bonds is 7. The Labute approximate surface area is 103 Å². The van der Waals surface area contributed by atoms with E-state index in [1.807, 2.05) is 11.3 Å². The van der Waals surface area contributed by atoms with Crippen LogP contribution in [0.25, 0.3) is 0 Å². The maximum absolute atomic E-state index is 5.21. The van der Waals surface area contributed by atoms with Gasteiger partial charge in [-0.3, -0.25) is 0 Å². The van der Waals surface area contributed by atoms with Crippen molar-refractivity contribution < 1.29 is 4.74 Å². The average Bonchev–Trinajstić information content (AvgIpc) is 2.64. The molecule has 1 rings (SSSR count). The maximum Gasteiger partial charge on any atom is 0.0488 e. The van der Waals surface area contributed by atoms with Gasteiger partial charge in [-0.2, -0.15) is 0 Å². The molecule has 0 bridgehead atoms. The predicted octanol–water partition coefficient (Wildman–Crippen LogP) is 3.38. The van der Waals surface area contributed by atoms with Crippen LogP contribution in [-0.2, 0) is 4.74 Å². The van der Waals surface area contributed by atoms with Crippen LogP contribution >= 0.6 is 11.3 Å². The van der Waals surface area contributed by atoms with Crippen LogP contribution in [0.4, 0.5) is 0 Å². The highest BCUT2D eigenvalue weighted by Gasteiger charge is 2.16. The highest BCUT2D eigenvalue weighted by molar-refractivity contribution is 7.10. The van der Waals surface area contributed by atoms with Crippen LogP contribution in [0.2, 0.25) is 0 Å². The van der Waals surface area contributed by atoms with Crippen LogP contribution in [0.5, 0.6) is 0 Å². The van der Waals surface area contributed by atoms with Crippen molar-refractivity contribution in [2.75, 3.05) is 20.3 Å². The van der Waals surface area contributed by atoms with E-state index in [1.54, 1.807) is 7.11 Å². The molecule has 1 heterocycles. The molecule has 1 N–H and O–H groups in total. The second kappa shape index (κ2) is 7.05. The Hall–Kier alpha value is -0.380. The van der Waals surface area contributed by atoms with E-state index in [1.165, 1.54) is 10.4 Å². The van der Waals surface area contributed by atoms with Gasteiger partial charge in [-0.1, -0.05) is 13.8 Å². The molecule has 16 heavy (non-hydrogen) atoms. The first-order chi connectivity index (χ1) is 7.69. The summed E-state index contributed by atoms with van der Waals surface area (Å²) in [5, 5.41) is 5.74. The average molecular weight is 241 g/mol. The number of hydrogen-bond acceptors (Lipinski definition) is 3. The van der Waals surface area contributed by atoms with Gasteiger partial charge in [-0.05, 0) is 42.8 Å². The zero-order chi connectivity index (χ0) is 12.0. The van der Waals surface area contributed by atoms with E-state index in [9.17, 15) is 0 Å². The highest BCUT2D eigenvalue weighted by atomic mass is 32.1. The Morgan fingerprint density at radius 1 is 1.50 bits per heavy atom. The summed E-state index contributed by atoms with van der Waals surface area (Å²) < 4.78 is 5.21. The molecule has 2 atom stereocenters. The van der Waals surface area contributed by atoms with Gasteiger partial charge in [-0.25, -0.2) is 0 Å². The van der Waals surface area contributed by atoms with E-state index in [0.717, 1.165) is 19.6 Å². The Balaban J connectivity index is 2.64. The molecule has 0 saturated carbocycles. The largest absolute Gasteiger partial charge is 0.384 e. The van der Waals surface area contributed by atoms with Crippen molar-refractivity contribution in [3.63, 3.8) is 0 Å². The second-order valence-corrected chi connectivity index (χ2v) is 5.46. The van der Waals surface area contributed by atoms with Crippen LogP contribution in [0.1, 0.15) is 36.8 Å². The topological polar surface area (TPSA) is 21.3 Å². The number of methoxy groups -OCH3 is 1. The summed E-state index contributed by atoms with van der Waals surface area (Å²) in [5.41, 5.74) is 1.45. The van der Waals surface area contributed by atoms with Crippen LogP contribution in [0.15, 0.2) is 11.4 Å². The number of aryl methyl sites for hydroxylation is 1. The molecular formula is C13H23NOS. The zero-order valence-electron chi connectivity index (χ0n) is 10.7. The molecule has 1 aromatic rings. The molecule has 2 nitrogen and oxygen atoms in total. The van der Waals surface area contributed by atoms with Gasteiger partial charge in [0.1, 0.15) is 0 Å². The molecular weight excluding hydrogens is 218 g/mol. The molecule has 0 spiro atoms. The smallest absolute Gasteiger partial charge is 0.0488 e. The van der Waals surface area contributed by atoms with Gasteiger partial charge in [0.15, 0.2) is 0 Å². The van der Waals surface area contributed by atoms with Gasteiger partial charge in [0.05, 0.1) is 0 Å². The van der Waals surface area contributed by atoms with Gasteiger partial charge >= 0.3 is 0 Å². The summed E-state index contributed by atoms with van der Waals surface area (Å²) in [6.07, 6.45) is 1.14. The number of nitrogens with one attached hydrogen (secondary N) is 1. The van der Waals surface area contributed by atoms with E-state index in [-0.39, 0.29) is 0 Å². The van der Waals surface area contributed by atoms with Crippen molar-refractivity contribution >= 4 is 11.3 Å². The Morgan fingerprint density at radius 3 is 2.75 bits per heavy atom. The van der Waals surface area contributed by atoms with Gasteiger partial charge in [0.2, 0.25) is 0 Å². The SMILES string of the molecule is CCNC(CC(C)COC)c1ccsc1C. The third kappa shape index (κ3) is 3.89. The van der Waals surface area contributed by atoms with Gasteiger partial charge in [0, 0.05) is 24.6 Å². The molecule has 92 valence electrons. The lowest BCUT2D eigenvalue weighted by atomic mass is 9.97. The van der Waals surface area contributed by atoms with E-state index < -0.39 is 0 Å². The first-order valence-electron chi connectivity index (χ1n) is 5.95. The molecule has 3 heteroatoms. The zero-order valence-corrected chi connectivity index (χ0v) is 11.6. The Bertz CT molecular complexity index is 298. The third-order valence-corrected chi connectivity index (χ3v) is 3.68. The summed E-state index contributed by atoms with van der Waals surface area (Å²) in [4.78, 5) is 1.43. The fourth-order valence-corrected chi connectivity index (χ4v) is 2.84. The first kappa shape index (κ1) is 13.7. The molecule has 0 aliphatic carbocycles. The summed E-state index contributed by atoms with van der Waals surface area (Å²) in [6.45, 7) is 8.46. The van der Waals surface area contributed by atoms with Crippen molar-refractivity contribution in [1.29, 1.82) is 0 Å². The summed E-state index contributed by atoms with van der Waals surface area (Å²) in [6, 6.07) is 2.72. The molecule has 0 radical (unpaired) electrons. The quantitative estimate of drug-likeness (QED) is 0.790. The lowest BCUT2D eigenvalue weighted by molar-refractivity contribution is 0.149. The summed E-state index contributed by atoms with van der Waals surface area (Å²) >= 11 is 1.83. The summed E-state index contributed by atoms with van der Waals surface area (Å²) in [5.74, 6) is 0.591. The van der Waals surface area contributed by atoms with Crippen LogP contribution < -0.4 is 5.32 Å². The Morgan fingerprint density at radius 2 is 2.25 bits per heavy atom. The monoisotopic (exact) mass is 241 g/mol. The second-order valence-electron chi connectivity index (χ2n) is 4.34. The van der Waals surface area contributed by atoms with Crippen molar-refractivity contribution in [3.05, 3.63) is 21.9 Å². The molecule has 1 aromatic heterocycles. The molecule has 0 aliphatic rings. The molecule has 0 aromatic carbocycles. The highest BCUT2D eigenvalue weighted by Crippen LogP contribution is 2.27. The van der Waals surface area contributed by atoms with Crippen molar-refractivity contribution in [2.24, 2.45) is 5.92 Å². The molecule has 0 aliphatic heterocycles. The van der Waals surface area contributed by atoms with Crippen molar-refractivity contribution in [1.82, 2.24) is 5.32 Å². The minimum Gasteiger partial charge on any atom is -0.384 e. The van der Waals surface area contributed by atoms with Crippen LogP contribution in [-0.4, -0.2) is 20.3 Å². The minimum atomic E-state index is 0.474. The molecule has 0 saturated heterocycles. The Kier molecular flexibility index (Phi) is 6.03. The molecule has 0 fully saturated rings. The number of hydrogen-bond donors (Lipinski definition) is 1. The normalized spacial score (nSPS) is 15.0. The van der Waals surface area contributed by atoms with E-state index in [0.29, 0.717) is 12.0 Å². The minimum absolute atomic E-state index is 0.474. The van der Waals surface area contributed by atoms with E-state index in [4.69, 9.17) is 4.74 Å². The maximum atomic E-state index is 5.21. The van der Waals surface area contributed by atoms with Crippen LogP contribution in [0, 0.1) is 12.8 Å². The summed E-state index contributed by atoms with van der Waals surface area (Å²) in [7, 11) is 1.77.